The first kappa shape index (κ1) is 14.0. The summed E-state index contributed by atoms with van der Waals surface area (Å²) in [6.07, 6.45) is 3.23. The van der Waals surface area contributed by atoms with E-state index in [1.54, 1.807) is 24.5 Å². The number of hydrogen-bond acceptors (Lipinski definition) is 4. The Kier molecular flexibility index (Phi) is 4.93. The van der Waals surface area contributed by atoms with Gasteiger partial charge in [-0.05, 0) is 24.3 Å². The molecule has 0 spiro atoms. The van der Waals surface area contributed by atoms with Crippen molar-refractivity contribution in [1.82, 2.24) is 9.97 Å². The number of hydrogen-bond donors (Lipinski definition) is 0. The molecule has 0 saturated carbocycles. The maximum atomic E-state index is 12.3. The van der Waals surface area contributed by atoms with Crippen LogP contribution in [-0.4, -0.2) is 16.6 Å². The van der Waals surface area contributed by atoms with Gasteiger partial charge in [0.05, 0.1) is 0 Å². The Balaban J connectivity index is 2.12. The lowest BCUT2D eigenvalue weighted by atomic mass is 10.2. The van der Waals surface area contributed by atoms with Crippen molar-refractivity contribution in [3.05, 3.63) is 47.2 Å². The molecule has 7 heteroatoms. The molecular formula is C12H9ClF2N2OS. The Hall–Kier alpha value is -1.40. The molecule has 19 heavy (non-hydrogen) atoms. The van der Waals surface area contributed by atoms with Gasteiger partial charge in [0.2, 0.25) is 0 Å². The summed E-state index contributed by atoms with van der Waals surface area (Å²) in [5, 5.41) is 1.02. The van der Waals surface area contributed by atoms with Crippen molar-refractivity contribution >= 4 is 23.4 Å². The van der Waals surface area contributed by atoms with Crippen LogP contribution in [0.2, 0.25) is 5.02 Å². The minimum Gasteiger partial charge on any atom is -0.435 e. The molecule has 3 nitrogen and oxygen atoms in total. The van der Waals surface area contributed by atoms with Crippen LogP contribution < -0.4 is 4.74 Å². The molecule has 0 radical (unpaired) electrons. The van der Waals surface area contributed by atoms with Crippen LogP contribution in [0.3, 0.4) is 0 Å². The lowest BCUT2D eigenvalue weighted by Gasteiger charge is -2.10. The van der Waals surface area contributed by atoms with Crippen LogP contribution in [0.25, 0.3) is 0 Å². The lowest BCUT2D eigenvalue weighted by molar-refractivity contribution is -0.0503. The van der Waals surface area contributed by atoms with Crippen molar-refractivity contribution in [3.63, 3.8) is 0 Å². The summed E-state index contributed by atoms with van der Waals surface area (Å²) in [7, 11) is 0. The summed E-state index contributed by atoms with van der Waals surface area (Å²) in [5.74, 6) is 0.509. The minimum absolute atomic E-state index is 0.114. The summed E-state index contributed by atoms with van der Waals surface area (Å²) >= 11 is 7.17. The van der Waals surface area contributed by atoms with Crippen LogP contribution in [0.1, 0.15) is 5.56 Å². The number of halogens is 3. The highest BCUT2D eigenvalue weighted by Gasteiger charge is 2.11. The van der Waals surface area contributed by atoms with E-state index in [9.17, 15) is 8.78 Å². The van der Waals surface area contributed by atoms with E-state index in [-0.39, 0.29) is 5.75 Å². The van der Waals surface area contributed by atoms with Crippen LogP contribution in [0.4, 0.5) is 8.78 Å². The van der Waals surface area contributed by atoms with E-state index in [0.29, 0.717) is 21.5 Å². The van der Waals surface area contributed by atoms with E-state index >= 15 is 0 Å². The Bertz CT molecular complexity index is 543. The molecule has 0 aliphatic carbocycles. The normalized spacial score (nSPS) is 10.7. The number of thioether (sulfide) groups is 1. The predicted octanol–water partition coefficient (Wildman–Crippen LogP) is 4.02. The predicted molar refractivity (Wildman–Crippen MR) is 69.7 cm³/mol. The van der Waals surface area contributed by atoms with Gasteiger partial charge in [0.1, 0.15) is 5.75 Å². The molecule has 0 bridgehead atoms. The van der Waals surface area contributed by atoms with E-state index in [1.807, 2.05) is 0 Å². The van der Waals surface area contributed by atoms with Crippen LogP contribution in [0.15, 0.2) is 41.8 Å². The third-order valence-electron chi connectivity index (χ3n) is 2.14. The molecule has 2 aromatic rings. The van der Waals surface area contributed by atoms with Crippen LogP contribution in [0, 0.1) is 0 Å². The van der Waals surface area contributed by atoms with E-state index in [0.717, 1.165) is 0 Å². The van der Waals surface area contributed by atoms with Crippen molar-refractivity contribution in [2.24, 2.45) is 0 Å². The highest BCUT2D eigenvalue weighted by atomic mass is 35.5. The molecule has 0 amide bonds. The fourth-order valence-corrected chi connectivity index (χ4v) is 2.35. The highest BCUT2D eigenvalue weighted by Crippen LogP contribution is 2.29. The minimum atomic E-state index is -2.86. The first-order valence-corrected chi connectivity index (χ1v) is 6.64. The fourth-order valence-electron chi connectivity index (χ4n) is 1.37. The van der Waals surface area contributed by atoms with E-state index in [2.05, 4.69) is 14.7 Å². The van der Waals surface area contributed by atoms with Crippen LogP contribution >= 0.6 is 23.4 Å². The van der Waals surface area contributed by atoms with Gasteiger partial charge in [0.25, 0.3) is 0 Å². The molecule has 0 saturated heterocycles. The topological polar surface area (TPSA) is 35.0 Å². The maximum Gasteiger partial charge on any atom is 0.387 e. The molecule has 2 rings (SSSR count). The van der Waals surface area contributed by atoms with Crippen molar-refractivity contribution in [1.29, 1.82) is 0 Å². The molecule has 0 atom stereocenters. The molecule has 0 aliphatic rings. The summed E-state index contributed by atoms with van der Waals surface area (Å²) in [5.41, 5.74) is 0.574. The van der Waals surface area contributed by atoms with Crippen molar-refractivity contribution < 1.29 is 13.5 Å². The Morgan fingerprint density at radius 3 is 2.68 bits per heavy atom. The number of alkyl halides is 2. The van der Waals surface area contributed by atoms with Gasteiger partial charge < -0.3 is 4.74 Å². The van der Waals surface area contributed by atoms with E-state index in [1.165, 1.54) is 23.9 Å². The third-order valence-corrected chi connectivity index (χ3v) is 3.30. The zero-order valence-electron chi connectivity index (χ0n) is 9.59. The molecule has 1 aromatic carbocycles. The first-order chi connectivity index (χ1) is 9.15. The maximum absolute atomic E-state index is 12.3. The zero-order chi connectivity index (χ0) is 13.7. The van der Waals surface area contributed by atoms with Crippen LogP contribution in [-0.2, 0) is 5.75 Å². The van der Waals surface area contributed by atoms with Crippen molar-refractivity contribution in [2.45, 2.75) is 17.5 Å². The Morgan fingerprint density at radius 1 is 1.26 bits per heavy atom. The van der Waals surface area contributed by atoms with Gasteiger partial charge in [-0.25, -0.2) is 9.97 Å². The average molecular weight is 303 g/mol. The number of ether oxygens (including phenoxy) is 1. The lowest BCUT2D eigenvalue weighted by Crippen LogP contribution is -2.04. The molecule has 0 aliphatic heterocycles. The summed E-state index contributed by atoms with van der Waals surface area (Å²) in [6.45, 7) is -2.86. The SMILES string of the molecule is FC(F)Oc1ccc(Cl)cc1CSc1ncccn1. The highest BCUT2D eigenvalue weighted by molar-refractivity contribution is 7.98. The molecule has 100 valence electrons. The number of nitrogens with zero attached hydrogens (tertiary/aromatic N) is 2. The second-order valence-corrected chi connectivity index (χ2v) is 4.83. The largest absolute Gasteiger partial charge is 0.435 e. The molecule has 1 aromatic heterocycles. The Morgan fingerprint density at radius 2 is 2.00 bits per heavy atom. The number of rotatable bonds is 5. The van der Waals surface area contributed by atoms with Gasteiger partial charge >= 0.3 is 6.61 Å². The molecule has 0 unspecified atom stereocenters. The fraction of sp³-hybridized carbons (Fsp3) is 0.167. The van der Waals surface area contributed by atoms with Gasteiger partial charge in [-0.2, -0.15) is 8.78 Å². The quantitative estimate of drug-likeness (QED) is 0.617. The first-order valence-electron chi connectivity index (χ1n) is 5.28. The Labute approximate surface area is 118 Å². The summed E-state index contributed by atoms with van der Waals surface area (Å²) in [6, 6.07) is 6.23. The van der Waals surface area contributed by atoms with Crippen molar-refractivity contribution in [2.75, 3.05) is 0 Å². The van der Waals surface area contributed by atoms with E-state index < -0.39 is 6.61 Å². The van der Waals surface area contributed by atoms with Gasteiger partial charge in [0, 0.05) is 28.7 Å². The van der Waals surface area contributed by atoms with Crippen LogP contribution in [0.5, 0.6) is 5.75 Å². The summed E-state index contributed by atoms with van der Waals surface area (Å²) < 4.78 is 29.0. The van der Waals surface area contributed by atoms with Gasteiger partial charge in [-0.3, -0.25) is 0 Å². The second-order valence-electron chi connectivity index (χ2n) is 3.45. The molecule has 0 fully saturated rings. The second kappa shape index (κ2) is 6.68. The monoisotopic (exact) mass is 302 g/mol. The van der Waals surface area contributed by atoms with Gasteiger partial charge in [-0.1, -0.05) is 23.4 Å². The average Bonchev–Trinajstić information content (AvgIpc) is 2.40. The third kappa shape index (κ3) is 4.33. The number of benzene rings is 1. The van der Waals surface area contributed by atoms with E-state index in [4.69, 9.17) is 11.6 Å². The standard InChI is InChI=1S/C12H9ClF2N2OS/c13-9-2-3-10(18-11(14)15)8(6-9)7-19-12-16-4-1-5-17-12/h1-6,11H,7H2. The molecular weight excluding hydrogens is 294 g/mol. The summed E-state index contributed by atoms with van der Waals surface area (Å²) in [4.78, 5) is 8.07. The molecule has 1 heterocycles. The zero-order valence-corrected chi connectivity index (χ0v) is 11.2. The van der Waals surface area contributed by atoms with Crippen molar-refractivity contribution in [3.8, 4) is 5.75 Å². The van der Waals surface area contributed by atoms with Gasteiger partial charge in [0.15, 0.2) is 5.16 Å². The van der Waals surface area contributed by atoms with Gasteiger partial charge in [-0.15, -0.1) is 0 Å². The molecule has 0 N–H and O–H groups in total. The number of aromatic nitrogens is 2. The smallest absolute Gasteiger partial charge is 0.387 e.